The third kappa shape index (κ3) is 2.10. The lowest BCUT2D eigenvalue weighted by Gasteiger charge is -2.35. The minimum atomic E-state index is -0.396. The van der Waals surface area contributed by atoms with Gasteiger partial charge in [-0.15, -0.1) is 0 Å². The number of nitrogens with one attached hydrogen (secondary N) is 1. The van der Waals surface area contributed by atoms with Crippen LogP contribution in [0.5, 0.6) is 0 Å². The van der Waals surface area contributed by atoms with Crippen LogP contribution < -0.4 is 10.2 Å². The van der Waals surface area contributed by atoms with Crippen LogP contribution in [-0.2, 0) is 9.59 Å². The fourth-order valence-corrected chi connectivity index (χ4v) is 2.40. The quantitative estimate of drug-likeness (QED) is 0.860. The monoisotopic (exact) mass is 246 g/mol. The molecule has 1 atom stereocenters. The fraction of sp³-hybridized carbons (Fsp3) is 0.429. The van der Waals surface area contributed by atoms with E-state index in [0.717, 1.165) is 16.8 Å². The Labute approximate surface area is 107 Å². The second-order valence-corrected chi connectivity index (χ2v) is 4.70. The number of hydrogen-bond acceptors (Lipinski definition) is 2. The first kappa shape index (κ1) is 12.6. The number of hydrogen-bond donors (Lipinski definition) is 1. The van der Waals surface area contributed by atoms with E-state index in [1.807, 2.05) is 39.0 Å². The summed E-state index contributed by atoms with van der Waals surface area (Å²) in [6.07, 6.45) is 0.616. The zero-order valence-electron chi connectivity index (χ0n) is 11.0. The summed E-state index contributed by atoms with van der Waals surface area (Å²) in [7, 11) is 0. The van der Waals surface area contributed by atoms with Crippen molar-refractivity contribution in [2.45, 2.75) is 33.2 Å². The molecule has 4 heteroatoms. The van der Waals surface area contributed by atoms with Crippen molar-refractivity contribution >= 4 is 17.5 Å². The van der Waals surface area contributed by atoms with Crippen LogP contribution in [0.15, 0.2) is 18.2 Å². The smallest absolute Gasteiger partial charge is 0.247 e. The third-order valence-corrected chi connectivity index (χ3v) is 3.30. The highest BCUT2D eigenvalue weighted by molar-refractivity contribution is 6.06. The highest BCUT2D eigenvalue weighted by atomic mass is 16.2. The van der Waals surface area contributed by atoms with Crippen molar-refractivity contribution in [3.8, 4) is 0 Å². The van der Waals surface area contributed by atoms with Gasteiger partial charge in [-0.2, -0.15) is 0 Å². The zero-order valence-corrected chi connectivity index (χ0v) is 11.0. The van der Waals surface area contributed by atoms with E-state index in [9.17, 15) is 9.59 Å². The van der Waals surface area contributed by atoms with Crippen LogP contribution in [0, 0.1) is 13.8 Å². The molecule has 96 valence electrons. The van der Waals surface area contributed by atoms with Crippen LogP contribution in [0.1, 0.15) is 24.5 Å². The summed E-state index contributed by atoms with van der Waals surface area (Å²) in [5.41, 5.74) is 3.02. The third-order valence-electron chi connectivity index (χ3n) is 3.30. The van der Waals surface area contributed by atoms with E-state index in [-0.39, 0.29) is 18.4 Å². The second-order valence-electron chi connectivity index (χ2n) is 4.70. The summed E-state index contributed by atoms with van der Waals surface area (Å²) in [5.74, 6) is -0.120. The van der Waals surface area contributed by atoms with Gasteiger partial charge < -0.3 is 5.32 Å². The van der Waals surface area contributed by atoms with Gasteiger partial charge in [0, 0.05) is 5.69 Å². The topological polar surface area (TPSA) is 49.4 Å². The standard InChI is InChI=1S/C14H18N2O2/c1-4-11-14(18)15-8-13(17)16(11)12-6-5-9(2)7-10(12)3/h5-7,11H,4,8H2,1-3H3,(H,15,18). The molecule has 0 bridgehead atoms. The van der Waals surface area contributed by atoms with Crippen molar-refractivity contribution in [1.29, 1.82) is 0 Å². The van der Waals surface area contributed by atoms with Crippen molar-refractivity contribution < 1.29 is 9.59 Å². The number of anilines is 1. The number of nitrogens with zero attached hydrogens (tertiary/aromatic N) is 1. The molecule has 1 saturated heterocycles. The number of amides is 2. The van der Waals surface area contributed by atoms with Crippen LogP contribution >= 0.6 is 0 Å². The Bertz CT molecular complexity index is 497. The molecular formula is C14H18N2O2. The summed E-state index contributed by atoms with van der Waals surface area (Å²) < 4.78 is 0. The molecule has 1 aliphatic heterocycles. The molecule has 4 nitrogen and oxygen atoms in total. The molecule has 0 spiro atoms. The average Bonchev–Trinajstić information content (AvgIpc) is 2.33. The Hall–Kier alpha value is -1.84. The lowest BCUT2D eigenvalue weighted by Crippen LogP contribution is -2.58. The molecule has 1 aliphatic rings. The van der Waals surface area contributed by atoms with Gasteiger partial charge in [0.05, 0.1) is 6.54 Å². The van der Waals surface area contributed by atoms with Gasteiger partial charge >= 0.3 is 0 Å². The molecule has 1 unspecified atom stereocenters. The summed E-state index contributed by atoms with van der Waals surface area (Å²) in [5, 5.41) is 2.63. The second kappa shape index (κ2) is 4.80. The van der Waals surface area contributed by atoms with Gasteiger partial charge in [0.25, 0.3) is 0 Å². The number of aryl methyl sites for hydroxylation is 2. The van der Waals surface area contributed by atoms with Crippen LogP contribution in [0.4, 0.5) is 5.69 Å². The van der Waals surface area contributed by atoms with Gasteiger partial charge in [-0.05, 0) is 31.9 Å². The summed E-state index contributed by atoms with van der Waals surface area (Å²) in [4.78, 5) is 25.5. The molecule has 0 radical (unpaired) electrons. The first-order chi connectivity index (χ1) is 8.54. The van der Waals surface area contributed by atoms with Crippen molar-refractivity contribution in [1.82, 2.24) is 5.32 Å². The van der Waals surface area contributed by atoms with Gasteiger partial charge in [0.15, 0.2) is 0 Å². The Morgan fingerprint density at radius 3 is 2.67 bits per heavy atom. The highest BCUT2D eigenvalue weighted by Crippen LogP contribution is 2.25. The SMILES string of the molecule is CCC1C(=O)NCC(=O)N1c1ccc(C)cc1C. The van der Waals surface area contributed by atoms with E-state index in [1.165, 1.54) is 0 Å². The Balaban J connectivity index is 2.44. The molecular weight excluding hydrogens is 228 g/mol. The van der Waals surface area contributed by atoms with E-state index in [0.29, 0.717) is 6.42 Å². The van der Waals surface area contributed by atoms with Crippen LogP contribution in [0.2, 0.25) is 0 Å². The first-order valence-corrected chi connectivity index (χ1v) is 6.21. The largest absolute Gasteiger partial charge is 0.345 e. The Kier molecular flexibility index (Phi) is 3.36. The minimum absolute atomic E-state index is 0.0478. The van der Waals surface area contributed by atoms with Gasteiger partial charge in [-0.3, -0.25) is 14.5 Å². The van der Waals surface area contributed by atoms with E-state index in [4.69, 9.17) is 0 Å². The molecule has 0 aliphatic carbocycles. The Morgan fingerprint density at radius 2 is 2.06 bits per heavy atom. The van der Waals surface area contributed by atoms with E-state index >= 15 is 0 Å². The molecule has 18 heavy (non-hydrogen) atoms. The minimum Gasteiger partial charge on any atom is -0.345 e. The molecule has 2 rings (SSSR count). The first-order valence-electron chi connectivity index (χ1n) is 6.21. The molecule has 1 heterocycles. The van der Waals surface area contributed by atoms with Crippen molar-refractivity contribution in [3.63, 3.8) is 0 Å². The number of carbonyl (C=O) groups is 2. The van der Waals surface area contributed by atoms with Crippen molar-refractivity contribution in [2.75, 3.05) is 11.4 Å². The van der Waals surface area contributed by atoms with E-state index < -0.39 is 6.04 Å². The van der Waals surface area contributed by atoms with Crippen molar-refractivity contribution in [2.24, 2.45) is 0 Å². The van der Waals surface area contributed by atoms with Gasteiger partial charge in [-0.1, -0.05) is 24.6 Å². The molecule has 1 aromatic rings. The van der Waals surface area contributed by atoms with Crippen LogP contribution in [0.25, 0.3) is 0 Å². The predicted molar refractivity (Wildman–Crippen MR) is 70.5 cm³/mol. The molecule has 0 saturated carbocycles. The molecule has 1 aromatic carbocycles. The van der Waals surface area contributed by atoms with Gasteiger partial charge in [0.1, 0.15) is 6.04 Å². The average molecular weight is 246 g/mol. The van der Waals surface area contributed by atoms with Gasteiger partial charge in [-0.25, -0.2) is 0 Å². The summed E-state index contributed by atoms with van der Waals surface area (Å²) >= 11 is 0. The van der Waals surface area contributed by atoms with Crippen LogP contribution in [-0.4, -0.2) is 24.4 Å². The van der Waals surface area contributed by atoms with Crippen molar-refractivity contribution in [3.05, 3.63) is 29.3 Å². The van der Waals surface area contributed by atoms with E-state index in [1.54, 1.807) is 4.90 Å². The predicted octanol–water partition coefficient (Wildman–Crippen LogP) is 1.54. The molecule has 0 aromatic heterocycles. The highest BCUT2D eigenvalue weighted by Gasteiger charge is 2.34. The lowest BCUT2D eigenvalue weighted by molar-refractivity contribution is -0.131. The lowest BCUT2D eigenvalue weighted by atomic mass is 10.0. The number of piperazine rings is 1. The fourth-order valence-electron chi connectivity index (χ4n) is 2.40. The molecule has 1 fully saturated rings. The van der Waals surface area contributed by atoms with Gasteiger partial charge in [0.2, 0.25) is 11.8 Å². The summed E-state index contributed by atoms with van der Waals surface area (Å²) in [6, 6.07) is 5.52. The van der Waals surface area contributed by atoms with Crippen LogP contribution in [0.3, 0.4) is 0 Å². The number of rotatable bonds is 2. The number of carbonyl (C=O) groups excluding carboxylic acids is 2. The summed E-state index contributed by atoms with van der Waals surface area (Å²) in [6.45, 7) is 5.98. The van der Waals surface area contributed by atoms with E-state index in [2.05, 4.69) is 5.32 Å². The molecule has 1 N–H and O–H groups in total. The maximum Gasteiger partial charge on any atom is 0.247 e. The Morgan fingerprint density at radius 1 is 1.33 bits per heavy atom. The normalized spacial score (nSPS) is 19.9. The number of benzene rings is 1. The zero-order chi connectivity index (χ0) is 13.3. The molecule has 2 amide bonds. The maximum atomic E-state index is 12.1. The maximum absolute atomic E-state index is 12.1.